The van der Waals surface area contributed by atoms with Crippen LogP contribution < -0.4 is 5.56 Å². The van der Waals surface area contributed by atoms with Crippen LogP contribution in [0.4, 0.5) is 0 Å². The van der Waals surface area contributed by atoms with E-state index in [9.17, 15) is 13.2 Å². The molecule has 0 saturated carbocycles. The number of aromatic amines is 1. The Balaban J connectivity index is 3.23. The smallest absolute Gasteiger partial charge is 0.264 e. The van der Waals surface area contributed by atoms with Crippen LogP contribution in [0.1, 0.15) is 6.92 Å². The van der Waals surface area contributed by atoms with Crippen molar-refractivity contribution >= 4 is 9.84 Å². The minimum Gasteiger partial charge on any atom is -0.268 e. The van der Waals surface area contributed by atoms with Crippen LogP contribution in [0.5, 0.6) is 0 Å². The van der Waals surface area contributed by atoms with Gasteiger partial charge in [-0.1, -0.05) is 6.92 Å². The third-order valence-corrected chi connectivity index (χ3v) is 2.98. The van der Waals surface area contributed by atoms with Crippen LogP contribution in [0, 0.1) is 0 Å². The molecule has 0 bridgehead atoms. The summed E-state index contributed by atoms with van der Waals surface area (Å²) in [5.74, 6) is -0.0218. The van der Waals surface area contributed by atoms with Crippen LogP contribution in [0.15, 0.2) is 22.0 Å². The molecule has 0 aromatic carbocycles. The van der Waals surface area contributed by atoms with E-state index in [4.69, 9.17) is 0 Å². The SMILES string of the molecule is CCS(=O)(=O)c1ccc(=O)[nH]n1. The van der Waals surface area contributed by atoms with Gasteiger partial charge in [-0.3, -0.25) is 4.79 Å². The molecule has 1 aromatic heterocycles. The number of rotatable bonds is 2. The molecule has 0 aliphatic carbocycles. The largest absolute Gasteiger partial charge is 0.268 e. The topological polar surface area (TPSA) is 79.9 Å². The lowest BCUT2D eigenvalue weighted by Crippen LogP contribution is -2.12. The molecule has 0 aliphatic rings. The summed E-state index contributed by atoms with van der Waals surface area (Å²) in [6.07, 6.45) is 0. The van der Waals surface area contributed by atoms with Gasteiger partial charge in [0.25, 0.3) is 5.56 Å². The molecular formula is C6H8N2O3S. The van der Waals surface area contributed by atoms with Gasteiger partial charge in [0.15, 0.2) is 14.9 Å². The molecule has 0 atom stereocenters. The number of nitrogens with zero attached hydrogens (tertiary/aromatic N) is 1. The summed E-state index contributed by atoms with van der Waals surface area (Å²) in [6.45, 7) is 1.52. The van der Waals surface area contributed by atoms with Gasteiger partial charge in [-0.25, -0.2) is 13.5 Å². The van der Waals surface area contributed by atoms with E-state index in [0.717, 1.165) is 6.07 Å². The minimum absolute atomic E-state index is 0.0218. The zero-order chi connectivity index (χ0) is 9.19. The average Bonchev–Trinajstić information content (AvgIpc) is 2.05. The first-order chi connectivity index (χ1) is 5.56. The zero-order valence-corrected chi connectivity index (χ0v) is 7.26. The molecule has 1 aromatic rings. The third kappa shape index (κ3) is 1.70. The Morgan fingerprint density at radius 3 is 2.58 bits per heavy atom. The van der Waals surface area contributed by atoms with Crippen molar-refractivity contribution in [1.29, 1.82) is 0 Å². The van der Waals surface area contributed by atoms with Crippen LogP contribution >= 0.6 is 0 Å². The summed E-state index contributed by atoms with van der Waals surface area (Å²) < 4.78 is 22.3. The van der Waals surface area contributed by atoms with Crippen molar-refractivity contribution in [2.24, 2.45) is 0 Å². The summed E-state index contributed by atoms with van der Waals surface area (Å²) in [5, 5.41) is 5.36. The summed E-state index contributed by atoms with van der Waals surface area (Å²) in [4.78, 5) is 10.5. The Morgan fingerprint density at radius 2 is 2.17 bits per heavy atom. The van der Waals surface area contributed by atoms with E-state index in [0.29, 0.717) is 0 Å². The van der Waals surface area contributed by atoms with Gasteiger partial charge in [0, 0.05) is 6.07 Å². The first-order valence-corrected chi connectivity index (χ1v) is 5.00. The predicted octanol–water partition coefficient (Wildman–Crippen LogP) is -0.437. The maximum atomic E-state index is 11.1. The minimum atomic E-state index is -3.30. The van der Waals surface area contributed by atoms with Crippen LogP contribution in [0.2, 0.25) is 0 Å². The highest BCUT2D eigenvalue weighted by Gasteiger charge is 2.12. The van der Waals surface area contributed by atoms with Gasteiger partial charge in [-0.15, -0.1) is 0 Å². The van der Waals surface area contributed by atoms with Crippen molar-refractivity contribution in [2.75, 3.05) is 5.75 Å². The fourth-order valence-electron chi connectivity index (χ4n) is 0.653. The molecule has 66 valence electrons. The quantitative estimate of drug-likeness (QED) is 0.682. The van der Waals surface area contributed by atoms with Crippen molar-refractivity contribution in [3.05, 3.63) is 22.5 Å². The number of hydrogen-bond acceptors (Lipinski definition) is 4. The lowest BCUT2D eigenvalue weighted by atomic mass is 10.6. The van der Waals surface area contributed by atoms with E-state index < -0.39 is 15.4 Å². The molecule has 0 aliphatic heterocycles. The van der Waals surface area contributed by atoms with E-state index in [-0.39, 0.29) is 10.8 Å². The standard InChI is InChI=1S/C6H8N2O3S/c1-2-12(10,11)6-4-3-5(9)7-8-6/h3-4H,2H2,1H3,(H,7,9). The van der Waals surface area contributed by atoms with Gasteiger partial charge in [0.1, 0.15) is 0 Å². The highest BCUT2D eigenvalue weighted by Crippen LogP contribution is 2.02. The second-order valence-corrected chi connectivity index (χ2v) is 4.39. The Kier molecular flexibility index (Phi) is 2.27. The maximum Gasteiger partial charge on any atom is 0.264 e. The molecule has 6 heteroatoms. The lowest BCUT2D eigenvalue weighted by molar-refractivity contribution is 0.591. The van der Waals surface area contributed by atoms with Gasteiger partial charge in [0.05, 0.1) is 5.75 Å². The number of nitrogens with one attached hydrogen (secondary N) is 1. The van der Waals surface area contributed by atoms with E-state index in [2.05, 4.69) is 10.2 Å². The maximum absolute atomic E-state index is 11.1. The monoisotopic (exact) mass is 188 g/mol. The molecule has 0 spiro atoms. The lowest BCUT2D eigenvalue weighted by Gasteiger charge is -1.96. The van der Waals surface area contributed by atoms with Crippen molar-refractivity contribution in [3.8, 4) is 0 Å². The normalized spacial score (nSPS) is 11.4. The van der Waals surface area contributed by atoms with E-state index in [1.54, 1.807) is 0 Å². The molecule has 1 rings (SSSR count). The number of hydrogen-bond donors (Lipinski definition) is 1. The number of aromatic nitrogens is 2. The molecule has 0 amide bonds. The van der Waals surface area contributed by atoms with Crippen LogP contribution in [-0.2, 0) is 9.84 Å². The van der Waals surface area contributed by atoms with Gasteiger partial charge < -0.3 is 0 Å². The Bertz CT molecular complexity index is 400. The Labute approximate surface area is 69.4 Å². The zero-order valence-electron chi connectivity index (χ0n) is 6.44. The fraction of sp³-hybridized carbons (Fsp3) is 0.333. The van der Waals surface area contributed by atoms with E-state index in [1.165, 1.54) is 13.0 Å². The first kappa shape index (κ1) is 8.92. The summed E-state index contributed by atoms with van der Waals surface area (Å²) in [6, 6.07) is 2.33. The third-order valence-electron chi connectivity index (χ3n) is 1.35. The van der Waals surface area contributed by atoms with Gasteiger partial charge in [-0.05, 0) is 6.07 Å². The predicted molar refractivity (Wildman–Crippen MR) is 42.6 cm³/mol. The van der Waals surface area contributed by atoms with Crippen molar-refractivity contribution < 1.29 is 8.42 Å². The molecule has 1 N–H and O–H groups in total. The van der Waals surface area contributed by atoms with Crippen LogP contribution in [0.25, 0.3) is 0 Å². The van der Waals surface area contributed by atoms with Gasteiger partial charge in [-0.2, -0.15) is 5.10 Å². The van der Waals surface area contributed by atoms with Crippen molar-refractivity contribution in [3.63, 3.8) is 0 Å². The molecule has 1 heterocycles. The highest BCUT2D eigenvalue weighted by atomic mass is 32.2. The molecule has 5 nitrogen and oxygen atoms in total. The molecule has 0 unspecified atom stereocenters. The molecule has 0 saturated heterocycles. The molecule has 12 heavy (non-hydrogen) atoms. The van der Waals surface area contributed by atoms with Crippen LogP contribution in [-0.4, -0.2) is 24.4 Å². The summed E-state index contributed by atoms with van der Waals surface area (Å²) in [5.41, 5.74) is -0.412. The van der Waals surface area contributed by atoms with E-state index in [1.807, 2.05) is 0 Å². The van der Waals surface area contributed by atoms with Crippen LogP contribution in [0.3, 0.4) is 0 Å². The molecular weight excluding hydrogens is 180 g/mol. The first-order valence-electron chi connectivity index (χ1n) is 3.35. The summed E-state index contributed by atoms with van der Waals surface area (Å²) >= 11 is 0. The number of sulfone groups is 1. The van der Waals surface area contributed by atoms with Crippen molar-refractivity contribution in [1.82, 2.24) is 10.2 Å². The summed E-state index contributed by atoms with van der Waals surface area (Å²) in [7, 11) is -3.30. The van der Waals surface area contributed by atoms with E-state index >= 15 is 0 Å². The second-order valence-electron chi connectivity index (χ2n) is 2.16. The molecule has 0 radical (unpaired) electrons. The second kappa shape index (κ2) is 3.06. The molecule has 0 fully saturated rings. The fourth-order valence-corrected chi connectivity index (χ4v) is 1.41. The Morgan fingerprint density at radius 1 is 1.50 bits per heavy atom. The van der Waals surface area contributed by atoms with Gasteiger partial charge >= 0.3 is 0 Å². The number of H-pyrrole nitrogens is 1. The average molecular weight is 188 g/mol. The Hall–Kier alpha value is -1.17. The van der Waals surface area contributed by atoms with Crippen molar-refractivity contribution in [2.45, 2.75) is 11.9 Å². The van der Waals surface area contributed by atoms with Gasteiger partial charge in [0.2, 0.25) is 0 Å². The highest BCUT2D eigenvalue weighted by molar-refractivity contribution is 7.91.